The van der Waals surface area contributed by atoms with E-state index in [9.17, 15) is 14.9 Å². The molecule has 0 aromatic heterocycles. The molecule has 0 unspecified atom stereocenters. The quantitative estimate of drug-likeness (QED) is 0.525. The van der Waals surface area contributed by atoms with Crippen LogP contribution in [0.5, 0.6) is 0 Å². The van der Waals surface area contributed by atoms with Crippen molar-refractivity contribution >= 4 is 28.9 Å². The first-order valence-electron chi connectivity index (χ1n) is 11.4. The Morgan fingerprint density at radius 3 is 2.47 bits per heavy atom. The Morgan fingerprint density at radius 1 is 1.03 bits per heavy atom. The van der Waals surface area contributed by atoms with Gasteiger partial charge in [0.25, 0.3) is 0 Å². The number of carbonyl (C=O) groups excluding carboxylic acids is 2. The average Bonchev–Trinajstić information content (AvgIpc) is 2.79. The van der Waals surface area contributed by atoms with Crippen LogP contribution in [0.15, 0.2) is 60.7 Å². The zero-order chi connectivity index (χ0) is 24.4. The summed E-state index contributed by atoms with van der Waals surface area (Å²) < 4.78 is 0. The number of benzene rings is 3. The Labute approximate surface area is 200 Å². The third-order valence-corrected chi connectivity index (χ3v) is 6.22. The number of nitrogens with one attached hydrogen (secondary N) is 2. The molecule has 172 valence electrons. The van der Waals surface area contributed by atoms with Crippen LogP contribution >= 0.6 is 0 Å². The molecule has 0 fully saturated rings. The summed E-state index contributed by atoms with van der Waals surface area (Å²) in [5, 5.41) is 15.7. The van der Waals surface area contributed by atoms with E-state index < -0.39 is 0 Å². The van der Waals surface area contributed by atoms with Gasteiger partial charge in [0, 0.05) is 37.0 Å². The molecular weight excluding hydrogens is 424 g/mol. The number of hydrogen-bond acceptors (Lipinski definition) is 4. The van der Waals surface area contributed by atoms with E-state index in [0.717, 1.165) is 45.7 Å². The van der Waals surface area contributed by atoms with Crippen molar-refractivity contribution in [2.45, 2.75) is 46.2 Å². The molecule has 1 aliphatic rings. The summed E-state index contributed by atoms with van der Waals surface area (Å²) in [6.07, 6.45) is 0.751. The molecule has 0 radical (unpaired) electrons. The maximum atomic E-state index is 12.5. The lowest BCUT2D eigenvalue weighted by Crippen LogP contribution is -2.43. The Kier molecular flexibility index (Phi) is 6.38. The first kappa shape index (κ1) is 23.1. The smallest absolute Gasteiger partial charge is 0.224 e. The summed E-state index contributed by atoms with van der Waals surface area (Å²) in [6, 6.07) is 21.7. The number of anilines is 3. The fraction of sp³-hybridized carbons (Fsp3) is 0.250. The van der Waals surface area contributed by atoms with E-state index in [0.29, 0.717) is 5.56 Å². The Balaban J connectivity index is 1.77. The molecule has 0 bridgehead atoms. The van der Waals surface area contributed by atoms with Gasteiger partial charge in [-0.2, -0.15) is 5.26 Å². The van der Waals surface area contributed by atoms with Gasteiger partial charge in [0.15, 0.2) is 0 Å². The number of fused-ring (bicyclic) bond motifs is 1. The molecule has 2 amide bonds. The van der Waals surface area contributed by atoms with Gasteiger partial charge < -0.3 is 15.5 Å². The largest absolute Gasteiger partial charge is 0.378 e. The van der Waals surface area contributed by atoms with Crippen LogP contribution in [-0.2, 0) is 9.59 Å². The zero-order valence-electron chi connectivity index (χ0n) is 19.8. The van der Waals surface area contributed by atoms with Crippen molar-refractivity contribution in [2.24, 2.45) is 0 Å². The molecule has 34 heavy (non-hydrogen) atoms. The monoisotopic (exact) mass is 452 g/mol. The van der Waals surface area contributed by atoms with Crippen LogP contribution in [0, 0.1) is 18.3 Å². The van der Waals surface area contributed by atoms with E-state index in [1.807, 2.05) is 66.4 Å². The lowest BCUT2D eigenvalue weighted by molar-refractivity contribution is -0.117. The van der Waals surface area contributed by atoms with Crippen LogP contribution < -0.4 is 15.5 Å². The maximum absolute atomic E-state index is 12.5. The molecular formula is C28H28N4O2. The molecule has 6 nitrogen and oxygen atoms in total. The SMILES string of the molecule is CC(=O)Nc1cccc(-c2ccc3c(c2)[C@H](Nc2ccc(C#N)cc2C)C[C@H](C)N3C(C)=O)c1. The fourth-order valence-corrected chi connectivity index (χ4v) is 4.72. The average molecular weight is 453 g/mol. The highest BCUT2D eigenvalue weighted by molar-refractivity contribution is 5.94. The summed E-state index contributed by atoms with van der Waals surface area (Å²) in [4.78, 5) is 25.8. The van der Waals surface area contributed by atoms with Gasteiger partial charge in [-0.05, 0) is 85.0 Å². The standard InChI is InChI=1S/C28H28N4O2/c1-17-12-21(16-29)8-10-26(17)31-27-13-18(2)32(20(4)34)28-11-9-23(15-25(27)28)22-6-5-7-24(14-22)30-19(3)33/h5-12,14-15,18,27,31H,13H2,1-4H3,(H,30,33)/t18-,27+/m0/s1. The Hall–Kier alpha value is -4.11. The minimum atomic E-state index is -0.115. The first-order valence-corrected chi connectivity index (χ1v) is 11.4. The third-order valence-electron chi connectivity index (χ3n) is 6.22. The van der Waals surface area contributed by atoms with Gasteiger partial charge in [0.1, 0.15) is 0 Å². The number of amides is 2. The Bertz CT molecular complexity index is 1310. The number of aryl methyl sites for hydroxylation is 1. The van der Waals surface area contributed by atoms with Gasteiger partial charge >= 0.3 is 0 Å². The van der Waals surface area contributed by atoms with E-state index in [-0.39, 0.29) is 23.9 Å². The van der Waals surface area contributed by atoms with Crippen molar-refractivity contribution in [1.82, 2.24) is 0 Å². The summed E-state index contributed by atoms with van der Waals surface area (Å²) in [6.45, 7) is 7.14. The van der Waals surface area contributed by atoms with Crippen molar-refractivity contribution in [2.75, 3.05) is 15.5 Å². The van der Waals surface area contributed by atoms with Gasteiger partial charge in [-0.25, -0.2) is 0 Å². The van der Waals surface area contributed by atoms with E-state index in [4.69, 9.17) is 0 Å². The van der Waals surface area contributed by atoms with Gasteiger partial charge in [-0.15, -0.1) is 0 Å². The number of hydrogen-bond donors (Lipinski definition) is 2. The van der Waals surface area contributed by atoms with Crippen LogP contribution in [0.2, 0.25) is 0 Å². The maximum Gasteiger partial charge on any atom is 0.224 e. The van der Waals surface area contributed by atoms with Gasteiger partial charge in [0.05, 0.1) is 17.7 Å². The zero-order valence-corrected chi connectivity index (χ0v) is 19.8. The molecule has 0 saturated heterocycles. The highest BCUT2D eigenvalue weighted by atomic mass is 16.2. The highest BCUT2D eigenvalue weighted by Gasteiger charge is 2.32. The molecule has 4 rings (SSSR count). The van der Waals surface area contributed by atoms with E-state index in [1.165, 1.54) is 6.92 Å². The summed E-state index contributed by atoms with van der Waals surface area (Å²) in [7, 11) is 0. The van der Waals surface area contributed by atoms with Crippen LogP contribution in [0.1, 0.15) is 49.9 Å². The Morgan fingerprint density at radius 2 is 1.79 bits per heavy atom. The van der Waals surface area contributed by atoms with Crippen molar-refractivity contribution in [1.29, 1.82) is 5.26 Å². The van der Waals surface area contributed by atoms with Crippen molar-refractivity contribution in [3.8, 4) is 17.2 Å². The van der Waals surface area contributed by atoms with Crippen LogP contribution in [-0.4, -0.2) is 17.9 Å². The van der Waals surface area contributed by atoms with Crippen molar-refractivity contribution in [3.63, 3.8) is 0 Å². The van der Waals surface area contributed by atoms with Crippen molar-refractivity contribution < 1.29 is 9.59 Å². The van der Waals surface area contributed by atoms with E-state index in [2.05, 4.69) is 29.7 Å². The molecule has 2 N–H and O–H groups in total. The number of carbonyl (C=O) groups is 2. The van der Waals surface area contributed by atoms with Gasteiger partial charge in [0.2, 0.25) is 11.8 Å². The molecule has 0 saturated carbocycles. The molecule has 6 heteroatoms. The molecule has 1 aliphatic heterocycles. The van der Waals surface area contributed by atoms with Crippen LogP contribution in [0.25, 0.3) is 11.1 Å². The third kappa shape index (κ3) is 4.65. The number of rotatable bonds is 4. The summed E-state index contributed by atoms with van der Waals surface area (Å²) in [5.41, 5.74) is 7.27. The topological polar surface area (TPSA) is 85.2 Å². The normalized spacial score (nSPS) is 16.9. The molecule has 0 spiro atoms. The predicted molar refractivity (Wildman–Crippen MR) is 136 cm³/mol. The fourth-order valence-electron chi connectivity index (χ4n) is 4.72. The molecule has 1 heterocycles. The molecule has 3 aromatic rings. The van der Waals surface area contributed by atoms with E-state index >= 15 is 0 Å². The minimum absolute atomic E-state index is 0.00860. The summed E-state index contributed by atoms with van der Waals surface area (Å²) in [5.74, 6) is -0.0992. The van der Waals surface area contributed by atoms with E-state index in [1.54, 1.807) is 6.92 Å². The lowest BCUT2D eigenvalue weighted by Gasteiger charge is -2.40. The lowest BCUT2D eigenvalue weighted by atomic mass is 9.88. The summed E-state index contributed by atoms with van der Waals surface area (Å²) >= 11 is 0. The second-order valence-electron chi connectivity index (χ2n) is 8.85. The van der Waals surface area contributed by atoms with Crippen molar-refractivity contribution in [3.05, 3.63) is 77.4 Å². The minimum Gasteiger partial charge on any atom is -0.378 e. The highest BCUT2D eigenvalue weighted by Crippen LogP contribution is 2.41. The number of nitriles is 1. The number of nitrogens with zero attached hydrogens (tertiary/aromatic N) is 2. The van der Waals surface area contributed by atoms with Gasteiger partial charge in [-0.3, -0.25) is 9.59 Å². The molecule has 2 atom stereocenters. The first-order chi connectivity index (χ1) is 16.3. The molecule has 3 aromatic carbocycles. The molecule has 0 aliphatic carbocycles. The van der Waals surface area contributed by atoms with Crippen LogP contribution in [0.4, 0.5) is 17.1 Å². The predicted octanol–water partition coefficient (Wildman–Crippen LogP) is 5.79. The second kappa shape index (κ2) is 9.40. The second-order valence-corrected chi connectivity index (χ2v) is 8.85. The van der Waals surface area contributed by atoms with Crippen LogP contribution in [0.3, 0.4) is 0 Å². The van der Waals surface area contributed by atoms with Gasteiger partial charge in [-0.1, -0.05) is 18.2 Å².